The Balaban J connectivity index is 2.06. The second-order valence-corrected chi connectivity index (χ2v) is 6.81. The molecule has 0 aliphatic heterocycles. The predicted octanol–water partition coefficient (Wildman–Crippen LogP) is 5.17. The van der Waals surface area contributed by atoms with Gasteiger partial charge in [-0.3, -0.25) is 0 Å². The zero-order valence-electron chi connectivity index (χ0n) is 16.0. The van der Waals surface area contributed by atoms with Gasteiger partial charge in [0.05, 0.1) is 0 Å². The summed E-state index contributed by atoms with van der Waals surface area (Å²) < 4.78 is 6.11. The first-order valence-electron chi connectivity index (χ1n) is 8.72. The Kier molecular flexibility index (Phi) is 4.62. The zero-order valence-corrected chi connectivity index (χ0v) is 16.0. The van der Waals surface area contributed by atoms with Gasteiger partial charge in [0.2, 0.25) is 0 Å². The number of hydrogen-bond donors (Lipinski definition) is 4. The van der Waals surface area contributed by atoms with Crippen molar-refractivity contribution in [2.75, 3.05) is 11.5 Å². The molecule has 0 atom stereocenters. The number of benzene rings is 2. The lowest BCUT2D eigenvalue weighted by Gasteiger charge is -2.12. The largest absolute Gasteiger partial charge is 0.456 e. The average Bonchev–Trinajstić information content (AvgIpc) is 3.08. The lowest BCUT2D eigenvalue weighted by molar-refractivity contribution is 0.596. The number of nitrogens with one attached hydrogen (secondary N) is 2. The van der Waals surface area contributed by atoms with Crippen LogP contribution in [0.3, 0.4) is 0 Å². The average molecular weight is 360 g/mol. The molecule has 3 aromatic rings. The number of nitrogens with two attached hydrogens (primary N) is 2. The minimum absolute atomic E-state index is 0.440. The maximum absolute atomic E-state index is 7.83. The molecule has 0 radical (unpaired) electrons. The Morgan fingerprint density at radius 1 is 0.704 bits per heavy atom. The third kappa shape index (κ3) is 3.12. The van der Waals surface area contributed by atoms with Crippen molar-refractivity contribution < 1.29 is 4.42 Å². The third-order valence-electron chi connectivity index (χ3n) is 4.97. The van der Waals surface area contributed by atoms with Crippen LogP contribution >= 0.6 is 0 Å². The predicted molar refractivity (Wildman–Crippen MR) is 113 cm³/mol. The third-order valence-corrected chi connectivity index (χ3v) is 4.97. The molecule has 138 valence electrons. The highest BCUT2D eigenvalue weighted by Crippen LogP contribution is 2.36. The smallest absolute Gasteiger partial charge is 0.135 e. The molecule has 5 heteroatoms. The van der Waals surface area contributed by atoms with Crippen LogP contribution in [-0.4, -0.2) is 11.4 Å². The number of anilines is 2. The van der Waals surface area contributed by atoms with Gasteiger partial charge >= 0.3 is 0 Å². The molecule has 0 amide bonds. The molecule has 0 saturated heterocycles. The van der Waals surface area contributed by atoms with Crippen molar-refractivity contribution in [3.8, 4) is 22.6 Å². The van der Waals surface area contributed by atoms with E-state index in [2.05, 4.69) is 0 Å². The van der Waals surface area contributed by atoms with E-state index in [1.54, 1.807) is 13.8 Å². The normalized spacial score (nSPS) is 10.8. The molecule has 3 rings (SSSR count). The van der Waals surface area contributed by atoms with Gasteiger partial charge in [-0.1, -0.05) is 24.3 Å². The van der Waals surface area contributed by atoms with Crippen molar-refractivity contribution in [1.82, 2.24) is 0 Å². The minimum atomic E-state index is 0.440. The van der Waals surface area contributed by atoms with Crippen molar-refractivity contribution in [3.63, 3.8) is 0 Å². The van der Waals surface area contributed by atoms with Crippen LogP contribution in [0.1, 0.15) is 36.1 Å². The fraction of sp³-hybridized carbons (Fsp3) is 0.182. The summed E-state index contributed by atoms with van der Waals surface area (Å²) in [6.45, 7) is 7.32. The van der Waals surface area contributed by atoms with Gasteiger partial charge in [-0.05, 0) is 51.0 Å². The van der Waals surface area contributed by atoms with Crippen LogP contribution in [0, 0.1) is 24.7 Å². The van der Waals surface area contributed by atoms with Crippen LogP contribution in [0.15, 0.2) is 40.8 Å². The van der Waals surface area contributed by atoms with Crippen LogP contribution in [-0.2, 0) is 0 Å². The Morgan fingerprint density at radius 2 is 1.07 bits per heavy atom. The first kappa shape index (κ1) is 18.5. The van der Waals surface area contributed by atoms with Gasteiger partial charge in [-0.25, -0.2) is 0 Å². The van der Waals surface area contributed by atoms with Gasteiger partial charge in [0, 0.05) is 45.1 Å². The summed E-state index contributed by atoms with van der Waals surface area (Å²) in [5.41, 5.74) is 19.6. The summed E-state index contributed by atoms with van der Waals surface area (Å²) >= 11 is 0. The van der Waals surface area contributed by atoms with Crippen molar-refractivity contribution >= 4 is 22.8 Å². The van der Waals surface area contributed by atoms with E-state index in [1.165, 1.54) is 0 Å². The lowest BCUT2D eigenvalue weighted by atomic mass is 9.98. The molecule has 0 aliphatic carbocycles. The fourth-order valence-corrected chi connectivity index (χ4v) is 3.27. The molecule has 6 N–H and O–H groups in total. The Hall–Kier alpha value is -3.34. The van der Waals surface area contributed by atoms with Gasteiger partial charge in [0.1, 0.15) is 11.5 Å². The standard InChI is InChI=1S/C22H24N4O/c1-11-15(5-7-17(13(3)23)21(11)25)19-9-10-20(27-19)16-6-8-18(14(4)24)22(26)12(16)2/h5-10,23-24H,25-26H2,1-4H3. The maximum Gasteiger partial charge on any atom is 0.135 e. The molecule has 2 aromatic carbocycles. The SMILES string of the molecule is CC(=N)c1ccc(-c2ccc(-c3ccc(C(C)=N)c(N)c3C)o2)c(C)c1N. The molecule has 0 fully saturated rings. The summed E-state index contributed by atoms with van der Waals surface area (Å²) in [4.78, 5) is 0. The zero-order chi connectivity index (χ0) is 19.9. The van der Waals surface area contributed by atoms with E-state index in [1.807, 2.05) is 50.2 Å². The van der Waals surface area contributed by atoms with E-state index >= 15 is 0 Å². The number of rotatable bonds is 4. The Morgan fingerprint density at radius 3 is 1.41 bits per heavy atom. The molecule has 0 bridgehead atoms. The van der Waals surface area contributed by atoms with E-state index < -0.39 is 0 Å². The number of nitrogen functional groups attached to an aromatic ring is 2. The topological polar surface area (TPSA) is 113 Å². The van der Waals surface area contributed by atoms with Gasteiger partial charge in [-0.2, -0.15) is 0 Å². The van der Waals surface area contributed by atoms with E-state index in [-0.39, 0.29) is 0 Å². The summed E-state index contributed by atoms with van der Waals surface area (Å²) in [7, 11) is 0. The van der Waals surface area contributed by atoms with Gasteiger partial charge in [0.15, 0.2) is 0 Å². The molecule has 0 saturated carbocycles. The number of hydrogen-bond acceptors (Lipinski definition) is 5. The van der Waals surface area contributed by atoms with Gasteiger partial charge in [-0.15, -0.1) is 0 Å². The molecule has 1 heterocycles. The molecule has 0 aliphatic rings. The molecule has 0 unspecified atom stereocenters. The van der Waals surface area contributed by atoms with Crippen molar-refractivity contribution in [3.05, 3.63) is 58.7 Å². The molecular weight excluding hydrogens is 336 g/mol. The summed E-state index contributed by atoms with van der Waals surface area (Å²) in [6.07, 6.45) is 0. The highest BCUT2D eigenvalue weighted by atomic mass is 16.3. The molecular formula is C22H24N4O. The van der Waals surface area contributed by atoms with Crippen LogP contribution < -0.4 is 11.5 Å². The minimum Gasteiger partial charge on any atom is -0.456 e. The van der Waals surface area contributed by atoms with E-state index in [0.717, 1.165) is 33.4 Å². The Labute approximate surface area is 159 Å². The molecule has 1 aromatic heterocycles. The molecule has 0 spiro atoms. The second-order valence-electron chi connectivity index (χ2n) is 6.81. The summed E-state index contributed by atoms with van der Waals surface area (Å²) in [5, 5.41) is 15.7. The van der Waals surface area contributed by atoms with Crippen LogP contribution in [0.25, 0.3) is 22.6 Å². The summed E-state index contributed by atoms with van der Waals surface area (Å²) in [6, 6.07) is 11.4. The highest BCUT2D eigenvalue weighted by molar-refractivity contribution is 6.03. The summed E-state index contributed by atoms with van der Waals surface area (Å²) in [5.74, 6) is 1.43. The first-order chi connectivity index (χ1) is 12.7. The van der Waals surface area contributed by atoms with Crippen molar-refractivity contribution in [1.29, 1.82) is 10.8 Å². The number of furan rings is 1. The van der Waals surface area contributed by atoms with Gasteiger partial charge < -0.3 is 26.7 Å². The van der Waals surface area contributed by atoms with Gasteiger partial charge in [0.25, 0.3) is 0 Å². The van der Waals surface area contributed by atoms with Crippen LogP contribution in [0.5, 0.6) is 0 Å². The van der Waals surface area contributed by atoms with E-state index in [0.29, 0.717) is 34.3 Å². The maximum atomic E-state index is 7.83. The monoisotopic (exact) mass is 360 g/mol. The fourth-order valence-electron chi connectivity index (χ4n) is 3.27. The van der Waals surface area contributed by atoms with Crippen LogP contribution in [0.2, 0.25) is 0 Å². The first-order valence-corrected chi connectivity index (χ1v) is 8.72. The van der Waals surface area contributed by atoms with E-state index in [9.17, 15) is 0 Å². The molecule has 5 nitrogen and oxygen atoms in total. The molecule has 27 heavy (non-hydrogen) atoms. The lowest BCUT2D eigenvalue weighted by Crippen LogP contribution is -2.03. The van der Waals surface area contributed by atoms with Crippen molar-refractivity contribution in [2.45, 2.75) is 27.7 Å². The van der Waals surface area contributed by atoms with E-state index in [4.69, 9.17) is 26.7 Å². The second kappa shape index (κ2) is 6.76. The van der Waals surface area contributed by atoms with Crippen molar-refractivity contribution in [2.24, 2.45) is 0 Å². The Bertz CT molecular complexity index is 992. The van der Waals surface area contributed by atoms with Crippen LogP contribution in [0.4, 0.5) is 11.4 Å². The highest BCUT2D eigenvalue weighted by Gasteiger charge is 2.16. The quantitative estimate of drug-likeness (QED) is 0.380.